The molecule has 8 heteroatoms. The van der Waals surface area contributed by atoms with E-state index in [1.54, 1.807) is 0 Å². The van der Waals surface area contributed by atoms with Crippen molar-refractivity contribution >= 4 is 5.57 Å². The van der Waals surface area contributed by atoms with Crippen molar-refractivity contribution in [3.63, 3.8) is 0 Å². The highest BCUT2D eigenvalue weighted by atomic mass is 19.3. The van der Waals surface area contributed by atoms with E-state index in [9.17, 15) is 30.7 Å². The Bertz CT molecular complexity index is 526. The highest BCUT2D eigenvalue weighted by molar-refractivity contribution is 5.77. The smallest absolute Gasteiger partial charge is 0.351 e. The molecule has 1 aliphatic carbocycles. The molecule has 1 heterocycles. The minimum atomic E-state index is -5.79. The lowest BCUT2D eigenvalue weighted by Gasteiger charge is -2.24. The van der Waals surface area contributed by atoms with E-state index >= 15 is 0 Å². The zero-order chi connectivity index (χ0) is 13.9. The van der Waals surface area contributed by atoms with E-state index in [1.807, 2.05) is 0 Å². The minimum Gasteiger partial charge on any atom is -0.351 e. The number of halogens is 7. The molecule has 0 atom stereocenters. The average molecular weight is 273 g/mol. The van der Waals surface area contributed by atoms with E-state index in [2.05, 4.69) is 0 Å². The predicted molar refractivity (Wildman–Crippen MR) is 48.3 cm³/mol. The van der Waals surface area contributed by atoms with Crippen LogP contribution in [0.2, 0.25) is 0 Å². The molecule has 100 valence electrons. The minimum absolute atomic E-state index is 0.714. The lowest BCUT2D eigenvalue weighted by atomic mass is 10.1. The molecule has 0 unspecified atom stereocenters. The van der Waals surface area contributed by atoms with Crippen molar-refractivity contribution in [1.29, 1.82) is 0 Å². The normalized spacial score (nSPS) is 24.7. The van der Waals surface area contributed by atoms with Gasteiger partial charge in [0.25, 0.3) is 0 Å². The van der Waals surface area contributed by atoms with Gasteiger partial charge in [-0.3, -0.25) is 0 Å². The predicted octanol–water partition coefficient (Wildman–Crippen LogP) is 3.63. The maximum absolute atomic E-state index is 13.3. The number of nitrogens with zero attached hydrogens (tertiary/aromatic N) is 1. The third kappa shape index (κ3) is 1.23. The first-order valence-electron chi connectivity index (χ1n) is 4.71. The number of aromatic nitrogens is 1. The van der Waals surface area contributed by atoms with Gasteiger partial charge in [0, 0.05) is 13.2 Å². The van der Waals surface area contributed by atoms with Gasteiger partial charge >= 0.3 is 17.8 Å². The molecule has 1 aromatic heterocycles. The molecule has 1 aromatic rings. The Balaban J connectivity index is 2.74. The molecule has 0 radical (unpaired) electrons. The van der Waals surface area contributed by atoms with Crippen LogP contribution < -0.4 is 0 Å². The molecule has 0 saturated carbocycles. The van der Waals surface area contributed by atoms with Crippen LogP contribution in [0.3, 0.4) is 0 Å². The summed E-state index contributed by atoms with van der Waals surface area (Å²) in [7, 11) is 1.15. The summed E-state index contributed by atoms with van der Waals surface area (Å²) in [6.45, 7) is 0. The number of aryl methyl sites for hydroxylation is 1. The number of hydrogen-bond donors (Lipinski definition) is 0. The van der Waals surface area contributed by atoms with Gasteiger partial charge < -0.3 is 4.57 Å². The van der Waals surface area contributed by atoms with Gasteiger partial charge in [0.15, 0.2) is 5.83 Å². The second-order valence-corrected chi connectivity index (χ2v) is 3.92. The van der Waals surface area contributed by atoms with E-state index in [0.717, 1.165) is 29.9 Å². The van der Waals surface area contributed by atoms with E-state index in [-0.39, 0.29) is 0 Å². The van der Waals surface area contributed by atoms with Crippen LogP contribution in [0.5, 0.6) is 0 Å². The first-order chi connectivity index (χ1) is 8.05. The van der Waals surface area contributed by atoms with Gasteiger partial charge in [-0.1, -0.05) is 0 Å². The fourth-order valence-corrected chi connectivity index (χ4v) is 1.78. The first kappa shape index (κ1) is 13.0. The van der Waals surface area contributed by atoms with Crippen molar-refractivity contribution in [2.24, 2.45) is 7.05 Å². The largest absolute Gasteiger partial charge is 0.383 e. The Labute approximate surface area is 96.5 Å². The number of alkyl halides is 6. The van der Waals surface area contributed by atoms with Gasteiger partial charge in [-0.15, -0.1) is 0 Å². The molecule has 2 rings (SSSR count). The summed E-state index contributed by atoms with van der Waals surface area (Å²) in [5, 5.41) is 0. The summed E-state index contributed by atoms with van der Waals surface area (Å²) in [4.78, 5) is 0. The van der Waals surface area contributed by atoms with E-state index in [0.29, 0.717) is 0 Å². The van der Waals surface area contributed by atoms with E-state index in [1.165, 1.54) is 0 Å². The molecule has 0 fully saturated rings. The van der Waals surface area contributed by atoms with Gasteiger partial charge in [-0.25, -0.2) is 4.39 Å². The van der Waals surface area contributed by atoms with Gasteiger partial charge in [0.1, 0.15) is 0 Å². The zero-order valence-electron chi connectivity index (χ0n) is 8.83. The Morgan fingerprint density at radius 2 is 1.56 bits per heavy atom. The molecule has 0 saturated heterocycles. The Morgan fingerprint density at radius 1 is 1.00 bits per heavy atom. The number of allylic oxidation sites excluding steroid dienone is 2. The summed E-state index contributed by atoms with van der Waals surface area (Å²) in [5.74, 6) is -19.4. The van der Waals surface area contributed by atoms with Crippen LogP contribution >= 0.6 is 0 Å². The van der Waals surface area contributed by atoms with Crippen LogP contribution in [0.15, 0.2) is 24.2 Å². The van der Waals surface area contributed by atoms with Crippen molar-refractivity contribution in [3.8, 4) is 0 Å². The molecular formula is C10H6F7N. The molecule has 1 aliphatic rings. The molecule has 0 bridgehead atoms. The highest BCUT2D eigenvalue weighted by Gasteiger charge is 2.81. The molecular weight excluding hydrogens is 267 g/mol. The van der Waals surface area contributed by atoms with E-state index < -0.39 is 34.9 Å². The molecule has 1 nitrogen and oxygen atoms in total. The van der Waals surface area contributed by atoms with Gasteiger partial charge in [0.05, 0.1) is 11.3 Å². The highest BCUT2D eigenvalue weighted by Crippen LogP contribution is 2.62. The molecule has 0 spiro atoms. The topological polar surface area (TPSA) is 4.93 Å². The van der Waals surface area contributed by atoms with Crippen LogP contribution in [0, 0.1) is 0 Å². The summed E-state index contributed by atoms with van der Waals surface area (Å²) >= 11 is 0. The maximum Gasteiger partial charge on any atom is 0.383 e. The lowest BCUT2D eigenvalue weighted by Crippen LogP contribution is -2.48. The second kappa shape index (κ2) is 3.30. The van der Waals surface area contributed by atoms with Gasteiger partial charge in [-0.2, -0.15) is 26.3 Å². The number of hydrogen-bond acceptors (Lipinski definition) is 0. The fourth-order valence-electron chi connectivity index (χ4n) is 1.78. The molecule has 0 aromatic carbocycles. The Morgan fingerprint density at radius 3 is 1.89 bits per heavy atom. The van der Waals surface area contributed by atoms with Crippen LogP contribution in [-0.2, 0) is 7.05 Å². The number of rotatable bonds is 1. The first-order valence-corrected chi connectivity index (χ1v) is 4.71. The molecule has 0 aliphatic heterocycles. The average Bonchev–Trinajstić information content (AvgIpc) is 2.66. The zero-order valence-corrected chi connectivity index (χ0v) is 8.83. The Hall–Kier alpha value is -1.47. The van der Waals surface area contributed by atoms with Crippen molar-refractivity contribution in [2.45, 2.75) is 17.8 Å². The lowest BCUT2D eigenvalue weighted by molar-refractivity contribution is -0.263. The van der Waals surface area contributed by atoms with Crippen molar-refractivity contribution < 1.29 is 30.7 Å². The van der Waals surface area contributed by atoms with Crippen molar-refractivity contribution in [3.05, 3.63) is 29.9 Å². The third-order valence-electron chi connectivity index (χ3n) is 2.80. The van der Waals surface area contributed by atoms with Gasteiger partial charge in [0.2, 0.25) is 0 Å². The van der Waals surface area contributed by atoms with Gasteiger partial charge in [-0.05, 0) is 12.1 Å². The molecule has 18 heavy (non-hydrogen) atoms. The van der Waals surface area contributed by atoms with Crippen LogP contribution in [0.1, 0.15) is 5.69 Å². The van der Waals surface area contributed by atoms with Crippen LogP contribution in [0.25, 0.3) is 5.57 Å². The summed E-state index contributed by atoms with van der Waals surface area (Å²) in [6, 6.07) is 2.01. The van der Waals surface area contributed by atoms with Crippen molar-refractivity contribution in [1.82, 2.24) is 4.57 Å². The standard InChI is InChI=1S/C10H6F7N/c1-18-4-2-3-5(18)6-7(11)9(14,15)10(16,17)8(6,12)13/h2-4H,1H3. The third-order valence-corrected chi connectivity index (χ3v) is 2.80. The summed E-state index contributed by atoms with van der Waals surface area (Å²) in [5.41, 5.74) is -2.68. The molecule has 0 N–H and O–H groups in total. The fraction of sp³-hybridized carbons (Fsp3) is 0.400. The Kier molecular flexibility index (Phi) is 2.38. The van der Waals surface area contributed by atoms with E-state index in [4.69, 9.17) is 0 Å². The maximum atomic E-state index is 13.3. The SMILES string of the molecule is Cn1cccc1C1=C(F)C(F)(F)C(F)(F)C1(F)F. The van der Waals surface area contributed by atoms with Crippen LogP contribution in [-0.4, -0.2) is 22.3 Å². The summed E-state index contributed by atoms with van der Waals surface area (Å²) in [6.07, 6.45) is 1.15. The monoisotopic (exact) mass is 273 g/mol. The molecule has 0 amide bonds. The second-order valence-electron chi connectivity index (χ2n) is 3.92. The quantitative estimate of drug-likeness (QED) is 0.689. The summed E-state index contributed by atoms with van der Waals surface area (Å²) < 4.78 is 92.5. The van der Waals surface area contributed by atoms with Crippen molar-refractivity contribution in [2.75, 3.05) is 0 Å². The van der Waals surface area contributed by atoms with Crippen LogP contribution in [0.4, 0.5) is 30.7 Å².